The molecule has 1 aliphatic carbocycles. The molecule has 0 aromatic rings. The third kappa shape index (κ3) is 6.25. The van der Waals surface area contributed by atoms with Gasteiger partial charge in [-0.2, -0.15) is 0 Å². The average molecular weight is 298 g/mol. The summed E-state index contributed by atoms with van der Waals surface area (Å²) in [6.07, 6.45) is 2.74. The molecule has 0 heterocycles. The number of nitrogens with zero attached hydrogens (tertiary/aromatic N) is 2. The highest BCUT2D eigenvalue weighted by atomic mass is 15.2. The Morgan fingerprint density at radius 1 is 1.19 bits per heavy atom. The molecule has 0 saturated heterocycles. The summed E-state index contributed by atoms with van der Waals surface area (Å²) in [4.78, 5) is 4.99. The lowest BCUT2D eigenvalue weighted by atomic mass is 9.84. The van der Waals surface area contributed by atoms with Crippen molar-refractivity contribution in [3.05, 3.63) is 0 Å². The lowest BCUT2D eigenvalue weighted by Crippen LogP contribution is -2.47. The Morgan fingerprint density at radius 2 is 1.86 bits per heavy atom. The second kappa shape index (κ2) is 8.50. The van der Waals surface area contributed by atoms with Gasteiger partial charge in [-0.15, -0.1) is 0 Å². The number of hydrogen-bond acceptors (Lipinski definition) is 3. The largest absolute Gasteiger partial charge is 0.313 e. The first-order valence-corrected chi connectivity index (χ1v) is 8.86. The van der Waals surface area contributed by atoms with Crippen LogP contribution in [0.3, 0.4) is 0 Å². The van der Waals surface area contributed by atoms with Crippen LogP contribution in [0.25, 0.3) is 0 Å². The van der Waals surface area contributed by atoms with Crippen LogP contribution in [0.15, 0.2) is 0 Å². The maximum Gasteiger partial charge on any atom is 0.0159 e. The summed E-state index contributed by atoms with van der Waals surface area (Å²) < 4.78 is 0. The quantitative estimate of drug-likeness (QED) is 0.706. The highest BCUT2D eigenvalue weighted by Crippen LogP contribution is 2.41. The van der Waals surface area contributed by atoms with E-state index in [4.69, 9.17) is 0 Å². The lowest BCUT2D eigenvalue weighted by Gasteiger charge is -2.35. The molecule has 3 nitrogen and oxygen atoms in total. The monoisotopic (exact) mass is 297 g/mol. The van der Waals surface area contributed by atoms with Gasteiger partial charge in [-0.25, -0.2) is 0 Å². The third-order valence-electron chi connectivity index (χ3n) is 4.88. The van der Waals surface area contributed by atoms with E-state index in [1.165, 1.54) is 32.5 Å². The van der Waals surface area contributed by atoms with Crippen molar-refractivity contribution in [2.45, 2.75) is 53.5 Å². The maximum atomic E-state index is 3.77. The van der Waals surface area contributed by atoms with Gasteiger partial charge in [-0.05, 0) is 50.7 Å². The van der Waals surface area contributed by atoms with Crippen LogP contribution in [0.2, 0.25) is 0 Å². The number of rotatable bonds is 9. The standard InChI is InChI=1S/C18H39N3/c1-8-19-17-16(9-10-18(17,4)5)14-21(13-15(2)3)12-11-20(6)7/h15-17,19H,8-14H2,1-7H3. The predicted molar refractivity (Wildman–Crippen MR) is 93.8 cm³/mol. The Labute approximate surface area is 133 Å². The molecule has 2 atom stereocenters. The molecule has 0 spiro atoms. The van der Waals surface area contributed by atoms with Crippen LogP contribution in [0, 0.1) is 17.3 Å². The van der Waals surface area contributed by atoms with Gasteiger partial charge in [0.15, 0.2) is 0 Å². The molecule has 21 heavy (non-hydrogen) atoms. The van der Waals surface area contributed by atoms with E-state index in [0.29, 0.717) is 11.5 Å². The van der Waals surface area contributed by atoms with E-state index in [9.17, 15) is 0 Å². The molecule has 3 heteroatoms. The molecule has 1 fully saturated rings. The van der Waals surface area contributed by atoms with Gasteiger partial charge in [0, 0.05) is 32.2 Å². The van der Waals surface area contributed by atoms with Gasteiger partial charge in [0.1, 0.15) is 0 Å². The molecule has 1 saturated carbocycles. The van der Waals surface area contributed by atoms with E-state index in [0.717, 1.165) is 24.9 Å². The first-order valence-electron chi connectivity index (χ1n) is 8.86. The molecular weight excluding hydrogens is 258 g/mol. The molecular formula is C18H39N3. The van der Waals surface area contributed by atoms with Crippen LogP contribution < -0.4 is 5.32 Å². The number of likely N-dealkylation sites (N-methyl/N-ethyl adjacent to an activating group) is 1. The summed E-state index contributed by atoms with van der Waals surface area (Å²) in [6.45, 7) is 17.7. The van der Waals surface area contributed by atoms with E-state index in [1.807, 2.05) is 0 Å². The van der Waals surface area contributed by atoms with Gasteiger partial charge < -0.3 is 15.1 Å². The van der Waals surface area contributed by atoms with Crippen molar-refractivity contribution in [3.63, 3.8) is 0 Å². The Kier molecular flexibility index (Phi) is 7.66. The summed E-state index contributed by atoms with van der Waals surface area (Å²) in [5.74, 6) is 1.56. The van der Waals surface area contributed by atoms with Crippen molar-refractivity contribution < 1.29 is 0 Å². The molecule has 0 radical (unpaired) electrons. The second-order valence-electron chi connectivity index (χ2n) is 8.28. The minimum Gasteiger partial charge on any atom is -0.313 e. The minimum atomic E-state index is 0.450. The summed E-state index contributed by atoms with van der Waals surface area (Å²) in [5, 5.41) is 3.77. The van der Waals surface area contributed by atoms with Gasteiger partial charge in [-0.1, -0.05) is 34.6 Å². The van der Waals surface area contributed by atoms with Crippen LogP contribution in [0.5, 0.6) is 0 Å². The van der Waals surface area contributed by atoms with Gasteiger partial charge in [-0.3, -0.25) is 0 Å². The van der Waals surface area contributed by atoms with Crippen LogP contribution in [0.4, 0.5) is 0 Å². The molecule has 1 N–H and O–H groups in total. The fourth-order valence-electron chi connectivity index (χ4n) is 3.82. The van der Waals surface area contributed by atoms with Crippen molar-refractivity contribution in [2.24, 2.45) is 17.3 Å². The van der Waals surface area contributed by atoms with Gasteiger partial charge in [0.2, 0.25) is 0 Å². The normalized spacial score (nSPS) is 25.4. The zero-order valence-corrected chi connectivity index (χ0v) is 15.6. The smallest absolute Gasteiger partial charge is 0.0159 e. The zero-order valence-electron chi connectivity index (χ0n) is 15.6. The first kappa shape index (κ1) is 18.9. The Bertz CT molecular complexity index is 286. The molecule has 0 bridgehead atoms. The van der Waals surface area contributed by atoms with E-state index in [1.54, 1.807) is 0 Å². The number of hydrogen-bond donors (Lipinski definition) is 1. The van der Waals surface area contributed by atoms with Crippen LogP contribution in [-0.2, 0) is 0 Å². The minimum absolute atomic E-state index is 0.450. The average Bonchev–Trinajstić information content (AvgIpc) is 2.63. The Balaban J connectivity index is 2.63. The summed E-state index contributed by atoms with van der Waals surface area (Å²) >= 11 is 0. The number of nitrogens with one attached hydrogen (secondary N) is 1. The fraction of sp³-hybridized carbons (Fsp3) is 1.00. The zero-order chi connectivity index (χ0) is 16.0. The van der Waals surface area contributed by atoms with Gasteiger partial charge in [0.05, 0.1) is 0 Å². The molecule has 126 valence electrons. The second-order valence-corrected chi connectivity index (χ2v) is 8.28. The molecule has 0 aliphatic heterocycles. The summed E-state index contributed by atoms with van der Waals surface area (Å²) in [5.41, 5.74) is 0.450. The van der Waals surface area contributed by atoms with Crippen LogP contribution in [-0.4, -0.2) is 62.7 Å². The fourth-order valence-corrected chi connectivity index (χ4v) is 3.82. The van der Waals surface area contributed by atoms with Gasteiger partial charge >= 0.3 is 0 Å². The molecule has 1 aliphatic rings. The molecule has 0 amide bonds. The first-order chi connectivity index (χ1) is 9.76. The Morgan fingerprint density at radius 3 is 2.38 bits per heavy atom. The summed E-state index contributed by atoms with van der Waals surface area (Å²) in [7, 11) is 4.35. The third-order valence-corrected chi connectivity index (χ3v) is 4.88. The topological polar surface area (TPSA) is 18.5 Å². The van der Waals surface area contributed by atoms with Crippen molar-refractivity contribution in [2.75, 3.05) is 46.8 Å². The summed E-state index contributed by atoms with van der Waals surface area (Å²) in [6, 6.07) is 0.677. The molecule has 0 aromatic carbocycles. The molecule has 0 aromatic heterocycles. The Hall–Kier alpha value is -0.120. The van der Waals surface area contributed by atoms with E-state index in [-0.39, 0.29) is 0 Å². The van der Waals surface area contributed by atoms with Crippen molar-refractivity contribution in [1.29, 1.82) is 0 Å². The van der Waals surface area contributed by atoms with Gasteiger partial charge in [0.25, 0.3) is 0 Å². The van der Waals surface area contributed by atoms with E-state index >= 15 is 0 Å². The van der Waals surface area contributed by atoms with E-state index in [2.05, 4.69) is 63.8 Å². The maximum absolute atomic E-state index is 3.77. The highest BCUT2D eigenvalue weighted by molar-refractivity contribution is 4.97. The van der Waals surface area contributed by atoms with Crippen molar-refractivity contribution >= 4 is 0 Å². The van der Waals surface area contributed by atoms with Crippen LogP contribution >= 0.6 is 0 Å². The van der Waals surface area contributed by atoms with Crippen molar-refractivity contribution in [1.82, 2.24) is 15.1 Å². The highest BCUT2D eigenvalue weighted by Gasteiger charge is 2.41. The molecule has 2 unspecified atom stereocenters. The van der Waals surface area contributed by atoms with Crippen LogP contribution in [0.1, 0.15) is 47.5 Å². The lowest BCUT2D eigenvalue weighted by molar-refractivity contribution is 0.162. The SMILES string of the molecule is CCNC1C(CN(CCN(C)C)CC(C)C)CCC1(C)C. The van der Waals surface area contributed by atoms with E-state index < -0.39 is 0 Å². The molecule has 1 rings (SSSR count). The van der Waals surface area contributed by atoms with Crippen molar-refractivity contribution in [3.8, 4) is 0 Å². The predicted octanol–water partition coefficient (Wildman–Crippen LogP) is 2.92.